The Bertz CT molecular complexity index is 853. The van der Waals surface area contributed by atoms with Crippen molar-refractivity contribution in [1.82, 2.24) is 4.90 Å². The second-order valence-corrected chi connectivity index (χ2v) is 6.70. The number of likely N-dealkylation sites (tertiary alicyclic amines) is 1. The molecule has 2 heterocycles. The third-order valence-corrected chi connectivity index (χ3v) is 4.91. The molecule has 0 saturated carbocycles. The van der Waals surface area contributed by atoms with Crippen molar-refractivity contribution >= 4 is 29.4 Å². The molecule has 4 rings (SSSR count). The lowest BCUT2D eigenvalue weighted by Crippen LogP contribution is -2.37. The Morgan fingerprint density at radius 3 is 2.46 bits per heavy atom. The number of hydrogen-bond donors (Lipinski definition) is 1. The molecule has 1 aromatic carbocycles. The monoisotopic (exact) mass is 386 g/mol. The number of allylic oxidation sites excluding steroid dienone is 2. The molecule has 1 fully saturated rings. The van der Waals surface area contributed by atoms with E-state index in [1.807, 2.05) is 12.2 Å². The number of fused-ring (bicyclic) bond motifs is 2. The van der Waals surface area contributed by atoms with Gasteiger partial charge in [0.15, 0.2) is 18.1 Å². The Balaban J connectivity index is 1.27. The molecule has 1 aliphatic carbocycles. The summed E-state index contributed by atoms with van der Waals surface area (Å²) >= 11 is 0. The van der Waals surface area contributed by atoms with Gasteiger partial charge in [0.1, 0.15) is 6.54 Å². The summed E-state index contributed by atoms with van der Waals surface area (Å²) in [5, 5.41) is 2.57. The molecule has 0 spiro atoms. The molecule has 9 heteroatoms. The van der Waals surface area contributed by atoms with Gasteiger partial charge in [-0.1, -0.05) is 12.2 Å². The fraction of sp³-hybridized carbons (Fsp3) is 0.368. The van der Waals surface area contributed by atoms with Crippen molar-refractivity contribution < 1.29 is 33.4 Å². The van der Waals surface area contributed by atoms with Crippen LogP contribution >= 0.6 is 0 Å². The summed E-state index contributed by atoms with van der Waals surface area (Å²) in [6.07, 6.45) is 4.74. The summed E-state index contributed by atoms with van der Waals surface area (Å²) in [5.41, 5.74) is 0.465. The van der Waals surface area contributed by atoms with Crippen molar-refractivity contribution in [3.8, 4) is 11.5 Å². The van der Waals surface area contributed by atoms with Gasteiger partial charge in [-0.05, 0) is 25.0 Å². The third-order valence-electron chi connectivity index (χ3n) is 4.91. The van der Waals surface area contributed by atoms with E-state index >= 15 is 0 Å². The highest BCUT2D eigenvalue weighted by Crippen LogP contribution is 2.35. The molecule has 1 N–H and O–H groups in total. The predicted octanol–water partition coefficient (Wildman–Crippen LogP) is 0.848. The molecule has 3 aliphatic rings. The maximum absolute atomic E-state index is 12.3. The van der Waals surface area contributed by atoms with E-state index in [1.165, 1.54) is 0 Å². The van der Waals surface area contributed by atoms with E-state index in [9.17, 15) is 19.2 Å². The van der Waals surface area contributed by atoms with Crippen LogP contribution < -0.4 is 14.8 Å². The maximum atomic E-state index is 12.3. The molecule has 28 heavy (non-hydrogen) atoms. The van der Waals surface area contributed by atoms with Gasteiger partial charge in [0.25, 0.3) is 5.91 Å². The summed E-state index contributed by atoms with van der Waals surface area (Å²) in [6, 6.07) is 4.88. The number of rotatable bonds is 5. The standard InChI is InChI=1S/C19H18N2O7/c22-16(20-11-5-6-14-15(7-11)28-10-27-14)9-26-17(23)8-21-18(24)12-3-1-2-4-13(12)19(21)25/h1-2,5-7,12-13H,3-4,8-10H2,(H,20,22)/t12-,13-/m0/s1. The minimum atomic E-state index is -0.811. The fourth-order valence-electron chi connectivity index (χ4n) is 3.52. The Labute approximate surface area is 160 Å². The summed E-state index contributed by atoms with van der Waals surface area (Å²) in [6.45, 7) is -0.893. The largest absolute Gasteiger partial charge is 0.454 e. The highest BCUT2D eigenvalue weighted by atomic mass is 16.7. The lowest BCUT2D eigenvalue weighted by atomic mass is 9.85. The second-order valence-electron chi connectivity index (χ2n) is 6.70. The zero-order valence-corrected chi connectivity index (χ0v) is 14.9. The number of carbonyl (C=O) groups is 4. The van der Waals surface area contributed by atoms with E-state index < -0.39 is 36.9 Å². The molecule has 0 bridgehead atoms. The van der Waals surface area contributed by atoms with Crippen molar-refractivity contribution in [2.45, 2.75) is 12.8 Å². The zero-order valence-electron chi connectivity index (χ0n) is 14.9. The molecular formula is C19H18N2O7. The van der Waals surface area contributed by atoms with Gasteiger partial charge in [0.05, 0.1) is 11.8 Å². The lowest BCUT2D eigenvalue weighted by Gasteiger charge is -2.14. The number of imide groups is 1. The van der Waals surface area contributed by atoms with E-state index in [4.69, 9.17) is 14.2 Å². The zero-order chi connectivity index (χ0) is 19.7. The molecule has 1 aromatic rings. The first kappa shape index (κ1) is 18.0. The highest BCUT2D eigenvalue weighted by molar-refractivity contribution is 6.07. The van der Waals surface area contributed by atoms with Gasteiger partial charge in [-0.25, -0.2) is 0 Å². The average Bonchev–Trinajstić information content (AvgIpc) is 3.25. The topological polar surface area (TPSA) is 111 Å². The van der Waals surface area contributed by atoms with Crippen LogP contribution in [0.4, 0.5) is 5.69 Å². The smallest absolute Gasteiger partial charge is 0.326 e. The van der Waals surface area contributed by atoms with E-state index in [1.54, 1.807) is 18.2 Å². The molecule has 3 amide bonds. The number of anilines is 1. The van der Waals surface area contributed by atoms with Gasteiger partial charge in [0, 0.05) is 11.8 Å². The van der Waals surface area contributed by atoms with E-state index in [0.717, 1.165) is 4.90 Å². The number of ether oxygens (including phenoxy) is 3. The first-order chi connectivity index (χ1) is 13.5. The van der Waals surface area contributed by atoms with Crippen molar-refractivity contribution in [3.05, 3.63) is 30.4 Å². The minimum absolute atomic E-state index is 0.121. The van der Waals surface area contributed by atoms with E-state index in [-0.39, 0.29) is 18.6 Å². The average molecular weight is 386 g/mol. The minimum Gasteiger partial charge on any atom is -0.454 e. The van der Waals surface area contributed by atoms with Crippen LogP contribution in [-0.2, 0) is 23.9 Å². The maximum Gasteiger partial charge on any atom is 0.326 e. The van der Waals surface area contributed by atoms with Crippen LogP contribution in [0, 0.1) is 11.8 Å². The number of nitrogens with zero attached hydrogens (tertiary/aromatic N) is 1. The Hall–Kier alpha value is -3.36. The summed E-state index contributed by atoms with van der Waals surface area (Å²) in [7, 11) is 0. The summed E-state index contributed by atoms with van der Waals surface area (Å²) in [4.78, 5) is 49.5. The van der Waals surface area contributed by atoms with Crippen LogP contribution in [0.5, 0.6) is 11.5 Å². The lowest BCUT2D eigenvalue weighted by molar-refractivity contribution is -0.154. The van der Waals surface area contributed by atoms with Gasteiger partial charge in [-0.2, -0.15) is 0 Å². The van der Waals surface area contributed by atoms with E-state index in [0.29, 0.717) is 30.0 Å². The first-order valence-electron chi connectivity index (χ1n) is 8.88. The molecular weight excluding hydrogens is 368 g/mol. The number of amides is 3. The van der Waals surface area contributed by atoms with Gasteiger partial charge < -0.3 is 19.5 Å². The van der Waals surface area contributed by atoms with Crippen LogP contribution in [0.3, 0.4) is 0 Å². The van der Waals surface area contributed by atoms with Crippen LogP contribution in [-0.4, -0.2) is 48.5 Å². The molecule has 0 radical (unpaired) electrons. The van der Waals surface area contributed by atoms with E-state index in [2.05, 4.69) is 5.32 Å². The number of esters is 1. The number of carbonyl (C=O) groups excluding carboxylic acids is 4. The summed E-state index contributed by atoms with van der Waals surface area (Å²) in [5.74, 6) is -1.79. The third kappa shape index (κ3) is 3.42. The molecule has 0 aromatic heterocycles. The van der Waals surface area contributed by atoms with Crippen LogP contribution in [0.1, 0.15) is 12.8 Å². The van der Waals surface area contributed by atoms with Crippen molar-refractivity contribution in [2.75, 3.05) is 25.3 Å². The number of nitrogens with one attached hydrogen (secondary N) is 1. The first-order valence-corrected chi connectivity index (χ1v) is 8.88. The van der Waals surface area contributed by atoms with Gasteiger partial charge >= 0.3 is 5.97 Å². The predicted molar refractivity (Wildman–Crippen MR) is 94.2 cm³/mol. The highest BCUT2D eigenvalue weighted by Gasteiger charge is 2.47. The molecule has 1 saturated heterocycles. The second kappa shape index (κ2) is 7.34. The van der Waals surface area contributed by atoms with Crippen LogP contribution in [0.15, 0.2) is 30.4 Å². The van der Waals surface area contributed by atoms with Gasteiger partial charge in [-0.3, -0.25) is 24.1 Å². The van der Waals surface area contributed by atoms with Gasteiger partial charge in [0.2, 0.25) is 18.6 Å². The quantitative estimate of drug-likeness (QED) is 0.454. The van der Waals surface area contributed by atoms with Crippen molar-refractivity contribution in [2.24, 2.45) is 11.8 Å². The van der Waals surface area contributed by atoms with Crippen LogP contribution in [0.2, 0.25) is 0 Å². The molecule has 0 unspecified atom stereocenters. The molecule has 9 nitrogen and oxygen atoms in total. The number of hydrogen-bond acceptors (Lipinski definition) is 7. The molecule has 2 atom stereocenters. The number of benzene rings is 1. The fourth-order valence-corrected chi connectivity index (χ4v) is 3.52. The summed E-state index contributed by atoms with van der Waals surface area (Å²) < 4.78 is 15.3. The van der Waals surface area contributed by atoms with Crippen molar-refractivity contribution in [1.29, 1.82) is 0 Å². The SMILES string of the molecule is O=C(COC(=O)CN1C(=O)[C@H]2CC=CC[C@@H]2C1=O)Nc1ccc2c(c1)OCO2. The molecule has 146 valence electrons. The van der Waals surface area contributed by atoms with Crippen molar-refractivity contribution in [3.63, 3.8) is 0 Å². The Morgan fingerprint density at radius 2 is 1.75 bits per heavy atom. The molecule has 2 aliphatic heterocycles. The Morgan fingerprint density at radius 1 is 1.07 bits per heavy atom. The van der Waals surface area contributed by atoms with Gasteiger partial charge in [-0.15, -0.1) is 0 Å². The van der Waals surface area contributed by atoms with Crippen LogP contribution in [0.25, 0.3) is 0 Å². The normalized spacial score (nSPS) is 22.2. The Kier molecular flexibility index (Phi) is 4.72.